The minimum absolute atomic E-state index is 0.0477. The molecule has 1 aromatic heterocycles. The number of nitrogen functional groups attached to an aromatic ring is 1. The second-order valence-electron chi connectivity index (χ2n) is 4.88. The van der Waals surface area contributed by atoms with E-state index in [1.54, 1.807) is 0 Å². The quantitative estimate of drug-likeness (QED) is 0.623. The van der Waals surface area contributed by atoms with Crippen LogP contribution in [0, 0.1) is 0 Å². The fourth-order valence-corrected chi connectivity index (χ4v) is 2.26. The van der Waals surface area contributed by atoms with Gasteiger partial charge in [0.15, 0.2) is 0 Å². The summed E-state index contributed by atoms with van der Waals surface area (Å²) >= 11 is 0. The first-order valence-electron chi connectivity index (χ1n) is 6.19. The van der Waals surface area contributed by atoms with E-state index in [9.17, 15) is 13.2 Å². The molecule has 1 aliphatic heterocycles. The number of hydrogen-bond donors (Lipinski definition) is 2. The van der Waals surface area contributed by atoms with Crippen molar-refractivity contribution in [2.75, 3.05) is 37.0 Å². The smallest absolute Gasteiger partial charge is 0.351 e. The molecule has 1 saturated heterocycles. The topological polar surface area (TPSA) is 70.3 Å². The van der Waals surface area contributed by atoms with Crippen LogP contribution < -0.4 is 16.2 Å². The normalized spacial score (nSPS) is 21.1. The summed E-state index contributed by atoms with van der Waals surface area (Å²) in [6, 6.07) is 1.49. The fraction of sp³-hybridized carbons (Fsp3) is 0.636. The van der Waals surface area contributed by atoms with Crippen LogP contribution in [0.5, 0.6) is 0 Å². The van der Waals surface area contributed by atoms with Gasteiger partial charge >= 0.3 is 6.18 Å². The molecule has 1 atom stereocenters. The van der Waals surface area contributed by atoms with Crippen molar-refractivity contribution in [3.63, 3.8) is 0 Å². The average Bonchev–Trinajstić information content (AvgIpc) is 2.37. The van der Waals surface area contributed by atoms with E-state index < -0.39 is 12.0 Å². The van der Waals surface area contributed by atoms with E-state index in [-0.39, 0.29) is 17.7 Å². The zero-order valence-electron chi connectivity index (χ0n) is 11.3. The highest BCUT2D eigenvalue weighted by Crippen LogP contribution is 2.30. The lowest BCUT2D eigenvalue weighted by molar-refractivity contribution is -0.144. The van der Waals surface area contributed by atoms with Gasteiger partial charge in [-0.05, 0) is 14.0 Å². The third kappa shape index (κ3) is 3.10. The molecule has 0 bridgehead atoms. The molecule has 1 fully saturated rings. The first-order valence-corrected chi connectivity index (χ1v) is 6.19. The molecular weight excluding hydrogens is 273 g/mol. The maximum Gasteiger partial charge on any atom is 0.451 e. The third-order valence-corrected chi connectivity index (χ3v) is 3.24. The summed E-state index contributed by atoms with van der Waals surface area (Å²) in [5.41, 5.74) is 2.15. The number of rotatable bonds is 2. The van der Waals surface area contributed by atoms with Crippen LogP contribution in [0.2, 0.25) is 0 Å². The summed E-state index contributed by atoms with van der Waals surface area (Å²) < 4.78 is 38.4. The van der Waals surface area contributed by atoms with Crippen molar-refractivity contribution >= 4 is 11.6 Å². The maximum atomic E-state index is 12.8. The van der Waals surface area contributed by atoms with E-state index >= 15 is 0 Å². The lowest BCUT2D eigenvalue weighted by atomic mass is 10.2. The highest BCUT2D eigenvalue weighted by Gasteiger charge is 2.36. The Kier molecular flexibility index (Phi) is 4.00. The Morgan fingerprint density at radius 2 is 2.05 bits per heavy atom. The number of nitrogens with zero attached hydrogens (tertiary/aromatic N) is 4. The number of likely N-dealkylation sites (N-methyl/N-ethyl adjacent to an activating group) is 1. The number of alkyl halides is 3. The van der Waals surface area contributed by atoms with E-state index in [0.29, 0.717) is 6.54 Å². The lowest BCUT2D eigenvalue weighted by Crippen LogP contribution is -2.51. The van der Waals surface area contributed by atoms with E-state index in [0.717, 1.165) is 13.1 Å². The fourth-order valence-electron chi connectivity index (χ4n) is 2.26. The Bertz CT molecular complexity index is 478. The van der Waals surface area contributed by atoms with Crippen molar-refractivity contribution in [2.24, 2.45) is 5.84 Å². The predicted octanol–water partition coefficient (Wildman–Crippen LogP) is 0.921. The second-order valence-corrected chi connectivity index (χ2v) is 4.88. The summed E-state index contributed by atoms with van der Waals surface area (Å²) in [5.74, 6) is 4.19. The summed E-state index contributed by atoms with van der Waals surface area (Å²) in [5, 5.41) is 0. The van der Waals surface area contributed by atoms with Gasteiger partial charge in [0.1, 0.15) is 11.6 Å². The number of nitrogens with two attached hydrogens (primary N) is 1. The number of hydrogen-bond acceptors (Lipinski definition) is 6. The second kappa shape index (κ2) is 5.41. The van der Waals surface area contributed by atoms with E-state index in [1.165, 1.54) is 6.07 Å². The number of hydrazine groups is 1. The number of nitrogens with one attached hydrogen (secondary N) is 1. The molecule has 0 aliphatic carbocycles. The molecule has 0 aromatic carbocycles. The molecule has 6 nitrogen and oxygen atoms in total. The van der Waals surface area contributed by atoms with Crippen molar-refractivity contribution in [1.82, 2.24) is 14.9 Å². The standard InChI is InChI=1S/C11H17F3N6/c1-7-6-19(2)3-4-20(7)9-5-8(18-15)16-10(17-9)11(12,13)14/h5,7H,3-4,6,15H2,1-2H3,(H,16,17,18). The molecule has 1 aromatic rings. The van der Waals surface area contributed by atoms with Crippen LogP contribution in [0.4, 0.5) is 24.8 Å². The Morgan fingerprint density at radius 1 is 1.35 bits per heavy atom. The van der Waals surface area contributed by atoms with E-state index in [4.69, 9.17) is 5.84 Å². The highest BCUT2D eigenvalue weighted by molar-refractivity contribution is 5.50. The first kappa shape index (κ1) is 14.8. The summed E-state index contributed by atoms with van der Waals surface area (Å²) in [7, 11) is 1.97. The molecule has 0 amide bonds. The van der Waals surface area contributed by atoms with Crippen LogP contribution in [0.25, 0.3) is 0 Å². The molecule has 20 heavy (non-hydrogen) atoms. The molecule has 112 valence electrons. The summed E-state index contributed by atoms with van der Waals surface area (Å²) in [6.45, 7) is 4.08. The molecule has 3 N–H and O–H groups in total. The van der Waals surface area contributed by atoms with Crippen LogP contribution in [0.3, 0.4) is 0 Å². The van der Waals surface area contributed by atoms with Crippen LogP contribution in [0.15, 0.2) is 6.07 Å². The maximum absolute atomic E-state index is 12.8. The largest absolute Gasteiger partial charge is 0.451 e. The van der Waals surface area contributed by atoms with Crippen molar-refractivity contribution in [1.29, 1.82) is 0 Å². The number of anilines is 2. The minimum Gasteiger partial charge on any atom is -0.351 e. The van der Waals surface area contributed by atoms with Gasteiger partial charge in [-0.25, -0.2) is 15.8 Å². The monoisotopic (exact) mass is 290 g/mol. The molecule has 2 heterocycles. The Labute approximate surface area is 114 Å². The van der Waals surface area contributed by atoms with Crippen molar-refractivity contribution in [3.8, 4) is 0 Å². The predicted molar refractivity (Wildman–Crippen MR) is 69.1 cm³/mol. The van der Waals surface area contributed by atoms with Crippen LogP contribution in [-0.4, -0.2) is 47.6 Å². The first-order chi connectivity index (χ1) is 9.31. The Morgan fingerprint density at radius 3 is 2.60 bits per heavy atom. The lowest BCUT2D eigenvalue weighted by Gasteiger charge is -2.39. The van der Waals surface area contributed by atoms with Gasteiger partial charge < -0.3 is 15.2 Å². The average molecular weight is 290 g/mol. The van der Waals surface area contributed by atoms with Gasteiger partial charge in [-0.2, -0.15) is 13.2 Å². The van der Waals surface area contributed by atoms with Crippen LogP contribution >= 0.6 is 0 Å². The van der Waals surface area contributed by atoms with E-state index in [1.807, 2.05) is 18.9 Å². The van der Waals surface area contributed by atoms with Gasteiger partial charge in [0, 0.05) is 31.7 Å². The molecule has 0 saturated carbocycles. The van der Waals surface area contributed by atoms with E-state index in [2.05, 4.69) is 20.3 Å². The van der Waals surface area contributed by atoms with Crippen molar-refractivity contribution < 1.29 is 13.2 Å². The third-order valence-electron chi connectivity index (χ3n) is 3.24. The number of aromatic nitrogens is 2. The molecule has 1 unspecified atom stereocenters. The molecule has 2 rings (SSSR count). The van der Waals surface area contributed by atoms with Gasteiger partial charge in [-0.3, -0.25) is 0 Å². The van der Waals surface area contributed by atoms with Crippen molar-refractivity contribution in [2.45, 2.75) is 19.1 Å². The van der Waals surface area contributed by atoms with Gasteiger partial charge in [-0.1, -0.05) is 0 Å². The summed E-state index contributed by atoms with van der Waals surface area (Å²) in [4.78, 5) is 10.9. The highest BCUT2D eigenvalue weighted by atomic mass is 19.4. The molecule has 9 heteroatoms. The zero-order valence-corrected chi connectivity index (χ0v) is 11.3. The SMILES string of the molecule is CC1CN(C)CCN1c1cc(NN)nc(C(F)(F)F)n1. The van der Waals surface area contributed by atoms with Crippen LogP contribution in [-0.2, 0) is 6.18 Å². The minimum atomic E-state index is -4.60. The number of halogens is 3. The molecule has 1 aliphatic rings. The zero-order chi connectivity index (χ0) is 14.9. The van der Waals surface area contributed by atoms with Gasteiger partial charge in [0.2, 0.25) is 5.82 Å². The Balaban J connectivity index is 2.36. The van der Waals surface area contributed by atoms with Gasteiger partial charge in [0.25, 0.3) is 0 Å². The number of piperazine rings is 1. The van der Waals surface area contributed by atoms with Crippen LogP contribution in [0.1, 0.15) is 12.7 Å². The Hall–Kier alpha value is -1.61. The molecule has 0 spiro atoms. The van der Waals surface area contributed by atoms with Gasteiger partial charge in [-0.15, -0.1) is 0 Å². The summed E-state index contributed by atoms with van der Waals surface area (Å²) in [6.07, 6.45) is -4.60. The van der Waals surface area contributed by atoms with Gasteiger partial charge in [0.05, 0.1) is 0 Å². The van der Waals surface area contributed by atoms with Crippen molar-refractivity contribution in [3.05, 3.63) is 11.9 Å². The molecule has 0 radical (unpaired) electrons. The molecular formula is C11H17F3N6.